The molecule has 0 radical (unpaired) electrons. The zero-order chi connectivity index (χ0) is 22.8. The minimum absolute atomic E-state index is 0.0955. The number of ether oxygens (including phenoxy) is 1. The first-order valence-corrected chi connectivity index (χ1v) is 12.1. The fraction of sp³-hybridized carbons (Fsp3) is 0.333. The topological polar surface area (TPSA) is 93.5 Å². The summed E-state index contributed by atoms with van der Waals surface area (Å²) in [5.41, 5.74) is 1.94. The van der Waals surface area contributed by atoms with Gasteiger partial charge in [0.25, 0.3) is 5.91 Å². The van der Waals surface area contributed by atoms with E-state index in [2.05, 4.69) is 10.3 Å². The van der Waals surface area contributed by atoms with Crippen LogP contribution in [-0.2, 0) is 17.1 Å². The molecule has 2 heterocycles. The summed E-state index contributed by atoms with van der Waals surface area (Å²) >= 11 is 1.36. The van der Waals surface area contributed by atoms with Gasteiger partial charge in [0.15, 0.2) is 5.13 Å². The van der Waals surface area contributed by atoms with Crippen molar-refractivity contribution in [2.75, 3.05) is 25.5 Å². The van der Waals surface area contributed by atoms with Gasteiger partial charge >= 0.3 is 0 Å². The van der Waals surface area contributed by atoms with Crippen molar-refractivity contribution in [1.82, 2.24) is 13.9 Å². The highest BCUT2D eigenvalue weighted by atomic mass is 32.2. The molecular weight excluding hydrogens is 436 g/mol. The number of thiazole rings is 1. The standard InChI is InChI=1S/C21H26N4O4S2/c1-6-25(7-2)31(27,28)17-12-18(24(4)13-17)20(26)23-21-22-19(14(3)30-21)15-8-10-16(29-5)11-9-15/h8-13H,6-7H2,1-5H3,(H,22,23,26). The molecule has 0 aliphatic heterocycles. The van der Waals surface area contributed by atoms with Gasteiger partial charge in [-0.25, -0.2) is 13.4 Å². The Kier molecular flexibility index (Phi) is 6.83. The number of sulfonamides is 1. The molecule has 0 aliphatic rings. The largest absolute Gasteiger partial charge is 0.497 e. The Labute approximate surface area is 186 Å². The first-order valence-electron chi connectivity index (χ1n) is 9.81. The smallest absolute Gasteiger partial charge is 0.274 e. The van der Waals surface area contributed by atoms with Crippen LogP contribution >= 0.6 is 11.3 Å². The van der Waals surface area contributed by atoms with Crippen molar-refractivity contribution in [1.29, 1.82) is 0 Å². The number of aromatic nitrogens is 2. The van der Waals surface area contributed by atoms with Gasteiger partial charge in [0.1, 0.15) is 16.3 Å². The first kappa shape index (κ1) is 23.0. The van der Waals surface area contributed by atoms with Crippen LogP contribution in [0.15, 0.2) is 41.4 Å². The first-order chi connectivity index (χ1) is 14.7. The van der Waals surface area contributed by atoms with Crippen molar-refractivity contribution in [3.8, 4) is 17.0 Å². The summed E-state index contributed by atoms with van der Waals surface area (Å²) in [5.74, 6) is 0.336. The van der Waals surface area contributed by atoms with Crippen molar-refractivity contribution in [2.45, 2.75) is 25.7 Å². The van der Waals surface area contributed by atoms with Crippen LogP contribution in [0.25, 0.3) is 11.3 Å². The number of amides is 1. The van der Waals surface area contributed by atoms with Crippen LogP contribution in [-0.4, -0.2) is 48.4 Å². The average Bonchev–Trinajstić information content (AvgIpc) is 3.31. The van der Waals surface area contributed by atoms with Crippen LogP contribution in [0.5, 0.6) is 5.75 Å². The van der Waals surface area contributed by atoms with Gasteiger partial charge in [-0.2, -0.15) is 4.31 Å². The molecule has 1 aromatic carbocycles. The minimum atomic E-state index is -3.64. The van der Waals surface area contributed by atoms with Crippen molar-refractivity contribution >= 4 is 32.4 Å². The van der Waals surface area contributed by atoms with Gasteiger partial charge in [0.05, 0.1) is 12.8 Å². The van der Waals surface area contributed by atoms with E-state index in [1.807, 2.05) is 31.2 Å². The van der Waals surface area contributed by atoms with Crippen molar-refractivity contribution in [3.63, 3.8) is 0 Å². The Morgan fingerprint density at radius 2 is 1.87 bits per heavy atom. The number of carbonyl (C=O) groups is 1. The van der Waals surface area contributed by atoms with Crippen LogP contribution in [0.4, 0.5) is 5.13 Å². The molecule has 3 rings (SSSR count). The van der Waals surface area contributed by atoms with Crippen LogP contribution < -0.4 is 10.1 Å². The molecule has 0 saturated carbocycles. The number of nitrogens with zero attached hydrogens (tertiary/aromatic N) is 3. The van der Waals surface area contributed by atoms with E-state index in [1.54, 1.807) is 28.0 Å². The number of rotatable bonds is 8. The van der Waals surface area contributed by atoms with Gasteiger partial charge in [-0.3, -0.25) is 10.1 Å². The molecule has 3 aromatic rings. The molecule has 0 unspecified atom stereocenters. The summed E-state index contributed by atoms with van der Waals surface area (Å²) in [6.45, 7) is 6.22. The molecule has 1 N–H and O–H groups in total. The van der Waals surface area contributed by atoms with E-state index >= 15 is 0 Å². The Hall–Kier alpha value is -2.69. The average molecular weight is 463 g/mol. The van der Waals surface area contributed by atoms with Gasteiger partial charge in [-0.1, -0.05) is 13.8 Å². The SMILES string of the molecule is CCN(CC)S(=O)(=O)c1cc(C(=O)Nc2nc(-c3ccc(OC)cc3)c(C)s2)n(C)c1. The van der Waals surface area contributed by atoms with Crippen LogP contribution in [0, 0.1) is 6.92 Å². The lowest BCUT2D eigenvalue weighted by molar-refractivity contribution is 0.101. The third-order valence-corrected chi connectivity index (χ3v) is 7.84. The maximum Gasteiger partial charge on any atom is 0.274 e. The van der Waals surface area contributed by atoms with E-state index in [1.165, 1.54) is 32.5 Å². The van der Waals surface area contributed by atoms with Crippen LogP contribution in [0.2, 0.25) is 0 Å². The fourth-order valence-electron chi connectivity index (χ4n) is 3.24. The maximum atomic E-state index is 12.8. The number of hydrogen-bond acceptors (Lipinski definition) is 6. The molecule has 31 heavy (non-hydrogen) atoms. The highest BCUT2D eigenvalue weighted by Gasteiger charge is 2.25. The number of anilines is 1. The Balaban J connectivity index is 1.83. The summed E-state index contributed by atoms with van der Waals surface area (Å²) < 4.78 is 33.6. The normalized spacial score (nSPS) is 11.7. The molecule has 0 atom stereocenters. The monoisotopic (exact) mass is 462 g/mol. The second kappa shape index (κ2) is 9.21. The van der Waals surface area contributed by atoms with E-state index in [9.17, 15) is 13.2 Å². The molecule has 0 aliphatic carbocycles. The van der Waals surface area contributed by atoms with Gasteiger partial charge in [-0.15, -0.1) is 11.3 Å². The number of benzene rings is 1. The Morgan fingerprint density at radius 3 is 2.45 bits per heavy atom. The number of carbonyl (C=O) groups excluding carboxylic acids is 1. The third-order valence-electron chi connectivity index (χ3n) is 4.94. The molecule has 0 bridgehead atoms. The highest BCUT2D eigenvalue weighted by Crippen LogP contribution is 2.31. The molecule has 10 heteroatoms. The van der Waals surface area contributed by atoms with Crippen LogP contribution in [0.1, 0.15) is 29.2 Å². The maximum absolute atomic E-state index is 12.8. The van der Waals surface area contributed by atoms with Crippen molar-refractivity contribution in [2.24, 2.45) is 7.05 Å². The lowest BCUT2D eigenvalue weighted by Crippen LogP contribution is -2.30. The molecule has 0 fully saturated rings. The van der Waals surface area contributed by atoms with E-state index in [-0.39, 0.29) is 10.6 Å². The van der Waals surface area contributed by atoms with Crippen molar-refractivity contribution in [3.05, 3.63) is 47.1 Å². The molecule has 8 nitrogen and oxygen atoms in total. The van der Waals surface area contributed by atoms with E-state index in [0.29, 0.717) is 18.2 Å². The second-order valence-corrected chi connectivity index (χ2v) is 10.0. The fourth-order valence-corrected chi connectivity index (χ4v) is 5.60. The third kappa shape index (κ3) is 4.65. The quantitative estimate of drug-likeness (QED) is 0.550. The number of nitrogens with one attached hydrogen (secondary N) is 1. The number of hydrogen-bond donors (Lipinski definition) is 1. The summed E-state index contributed by atoms with van der Waals surface area (Å²) in [6.07, 6.45) is 1.46. The zero-order valence-corrected chi connectivity index (χ0v) is 19.8. The summed E-state index contributed by atoms with van der Waals surface area (Å²) in [4.78, 5) is 18.4. The van der Waals surface area contributed by atoms with Crippen LogP contribution in [0.3, 0.4) is 0 Å². The zero-order valence-electron chi connectivity index (χ0n) is 18.2. The highest BCUT2D eigenvalue weighted by molar-refractivity contribution is 7.89. The molecule has 2 aromatic heterocycles. The van der Waals surface area contributed by atoms with Gasteiger partial charge in [0.2, 0.25) is 10.0 Å². The summed E-state index contributed by atoms with van der Waals surface area (Å²) in [6, 6.07) is 8.93. The predicted octanol–water partition coefficient (Wildman–Crippen LogP) is 3.75. The predicted molar refractivity (Wildman–Crippen MR) is 122 cm³/mol. The molecule has 0 spiro atoms. The molecule has 0 saturated heterocycles. The lowest BCUT2D eigenvalue weighted by Gasteiger charge is -2.17. The Morgan fingerprint density at radius 1 is 1.23 bits per heavy atom. The van der Waals surface area contributed by atoms with E-state index in [0.717, 1.165) is 21.9 Å². The summed E-state index contributed by atoms with van der Waals surface area (Å²) in [7, 11) is -0.389. The van der Waals surface area contributed by atoms with E-state index in [4.69, 9.17) is 4.74 Å². The number of methoxy groups -OCH3 is 1. The van der Waals surface area contributed by atoms with Gasteiger partial charge in [0, 0.05) is 36.8 Å². The minimum Gasteiger partial charge on any atom is -0.497 e. The Bertz CT molecular complexity index is 1180. The second-order valence-electron chi connectivity index (χ2n) is 6.87. The number of aryl methyl sites for hydroxylation is 2. The van der Waals surface area contributed by atoms with E-state index < -0.39 is 15.9 Å². The van der Waals surface area contributed by atoms with Gasteiger partial charge < -0.3 is 9.30 Å². The lowest BCUT2D eigenvalue weighted by atomic mass is 10.1. The summed E-state index contributed by atoms with van der Waals surface area (Å²) in [5, 5.41) is 3.24. The molecular formula is C21H26N4O4S2. The van der Waals surface area contributed by atoms with Gasteiger partial charge in [-0.05, 0) is 37.3 Å². The molecule has 1 amide bonds. The molecule has 166 valence electrons. The van der Waals surface area contributed by atoms with Crippen molar-refractivity contribution < 1.29 is 17.9 Å².